The molecule has 29 heavy (non-hydrogen) atoms. The van der Waals surface area contributed by atoms with Crippen molar-refractivity contribution in [2.75, 3.05) is 4.72 Å². The Morgan fingerprint density at radius 1 is 1.10 bits per heavy atom. The highest BCUT2D eigenvalue weighted by molar-refractivity contribution is 8.00. The van der Waals surface area contributed by atoms with E-state index in [0.29, 0.717) is 28.4 Å². The number of benzene rings is 2. The minimum absolute atomic E-state index is 0.291. The summed E-state index contributed by atoms with van der Waals surface area (Å²) in [6.45, 7) is 1.88. The van der Waals surface area contributed by atoms with Crippen LogP contribution in [0.5, 0.6) is 0 Å². The summed E-state index contributed by atoms with van der Waals surface area (Å²) >= 11 is 1.13. The number of nitrogens with zero attached hydrogens (tertiary/aromatic N) is 3. The normalized spacial score (nSPS) is 11.3. The second-order valence-electron chi connectivity index (χ2n) is 6.33. The number of rotatable bonds is 6. The van der Waals surface area contributed by atoms with Gasteiger partial charge in [-0.1, -0.05) is 19.1 Å². The second-order valence-corrected chi connectivity index (χ2v) is 7.20. The number of alkyl halides is 2. The van der Waals surface area contributed by atoms with Crippen LogP contribution in [0.1, 0.15) is 24.6 Å². The lowest BCUT2D eigenvalue weighted by Gasteiger charge is -2.11. The Kier molecular flexibility index (Phi) is 5.44. The van der Waals surface area contributed by atoms with Crippen LogP contribution in [-0.2, 0) is 6.42 Å². The number of anilines is 1. The fourth-order valence-corrected chi connectivity index (χ4v) is 3.69. The molecule has 0 atom stereocenters. The van der Waals surface area contributed by atoms with Crippen molar-refractivity contribution < 1.29 is 13.2 Å². The number of nitrogens with one attached hydrogen (secondary N) is 1. The topological polar surface area (TPSA) is 42.7 Å². The standard InChI is InChI=1S/C21H17F3N4S/c1-2-13-8-9-14(11-16(13)22)29-27-20-12-18(21(23)24)26-28(20)19-7-3-6-17-15(19)5-4-10-25-17/h3-12,21,27H,2H2,1H3. The maximum Gasteiger partial charge on any atom is 0.282 e. The molecule has 0 amide bonds. The zero-order valence-electron chi connectivity index (χ0n) is 15.4. The van der Waals surface area contributed by atoms with Crippen LogP contribution < -0.4 is 4.72 Å². The number of fused-ring (bicyclic) bond motifs is 1. The first-order chi connectivity index (χ1) is 14.1. The molecular formula is C21H17F3N4S. The highest BCUT2D eigenvalue weighted by Crippen LogP contribution is 2.30. The molecular weight excluding hydrogens is 397 g/mol. The molecule has 4 nitrogen and oxygen atoms in total. The van der Waals surface area contributed by atoms with E-state index in [-0.39, 0.29) is 11.5 Å². The van der Waals surface area contributed by atoms with Crippen LogP contribution >= 0.6 is 11.9 Å². The molecule has 8 heteroatoms. The van der Waals surface area contributed by atoms with Crippen molar-refractivity contribution >= 4 is 28.7 Å². The van der Waals surface area contributed by atoms with Crippen molar-refractivity contribution in [3.63, 3.8) is 0 Å². The number of pyridine rings is 1. The summed E-state index contributed by atoms with van der Waals surface area (Å²) in [7, 11) is 0. The summed E-state index contributed by atoms with van der Waals surface area (Å²) in [5.74, 6) is 0.0721. The maximum absolute atomic E-state index is 14.0. The molecule has 1 N–H and O–H groups in total. The van der Waals surface area contributed by atoms with Crippen molar-refractivity contribution in [2.24, 2.45) is 0 Å². The summed E-state index contributed by atoms with van der Waals surface area (Å²) in [6, 6.07) is 15.3. The number of aromatic nitrogens is 3. The third-order valence-corrected chi connectivity index (χ3v) is 5.28. The van der Waals surface area contributed by atoms with Crippen molar-refractivity contribution in [3.8, 4) is 5.69 Å². The van der Waals surface area contributed by atoms with Gasteiger partial charge in [-0.15, -0.1) is 0 Å². The fraction of sp³-hybridized carbons (Fsp3) is 0.143. The Labute approximate surface area is 169 Å². The van der Waals surface area contributed by atoms with E-state index in [2.05, 4.69) is 14.8 Å². The predicted octanol–water partition coefficient (Wildman–Crippen LogP) is 6.18. The van der Waals surface area contributed by atoms with Gasteiger partial charge >= 0.3 is 0 Å². The van der Waals surface area contributed by atoms with Gasteiger partial charge in [0.1, 0.15) is 17.3 Å². The van der Waals surface area contributed by atoms with E-state index >= 15 is 0 Å². The van der Waals surface area contributed by atoms with Crippen molar-refractivity contribution in [1.82, 2.24) is 14.8 Å². The number of halogens is 3. The molecule has 0 saturated carbocycles. The first-order valence-electron chi connectivity index (χ1n) is 9.00. The molecule has 2 aromatic carbocycles. The first-order valence-corrected chi connectivity index (χ1v) is 9.82. The fourth-order valence-electron chi connectivity index (χ4n) is 3.02. The monoisotopic (exact) mass is 414 g/mol. The molecule has 0 radical (unpaired) electrons. The van der Waals surface area contributed by atoms with E-state index in [4.69, 9.17) is 0 Å². The highest BCUT2D eigenvalue weighted by Gasteiger charge is 2.18. The van der Waals surface area contributed by atoms with Gasteiger partial charge < -0.3 is 4.72 Å². The lowest BCUT2D eigenvalue weighted by molar-refractivity contribution is 0.145. The van der Waals surface area contributed by atoms with Crippen LogP contribution in [0.2, 0.25) is 0 Å². The third-order valence-electron chi connectivity index (χ3n) is 4.48. The minimum atomic E-state index is -2.71. The minimum Gasteiger partial charge on any atom is -0.310 e. The molecule has 4 aromatic rings. The summed E-state index contributed by atoms with van der Waals surface area (Å²) < 4.78 is 45.1. The van der Waals surface area contributed by atoms with Gasteiger partial charge in [-0.05, 0) is 60.3 Å². The average molecular weight is 414 g/mol. The van der Waals surface area contributed by atoms with Crippen LogP contribution in [0.15, 0.2) is 65.7 Å². The summed E-state index contributed by atoms with van der Waals surface area (Å²) in [4.78, 5) is 4.93. The van der Waals surface area contributed by atoms with Crippen molar-refractivity contribution in [3.05, 3.63) is 77.9 Å². The van der Waals surface area contributed by atoms with Gasteiger partial charge in [-0.3, -0.25) is 4.98 Å². The summed E-state index contributed by atoms with van der Waals surface area (Å²) in [5, 5.41) is 4.86. The predicted molar refractivity (Wildman–Crippen MR) is 109 cm³/mol. The van der Waals surface area contributed by atoms with Gasteiger partial charge in [0, 0.05) is 22.5 Å². The van der Waals surface area contributed by atoms with Crippen LogP contribution in [0.25, 0.3) is 16.6 Å². The molecule has 148 valence electrons. The zero-order chi connectivity index (χ0) is 20.4. The Morgan fingerprint density at radius 3 is 2.72 bits per heavy atom. The molecule has 4 rings (SSSR count). The van der Waals surface area contributed by atoms with Crippen molar-refractivity contribution in [2.45, 2.75) is 24.7 Å². The lowest BCUT2D eigenvalue weighted by Crippen LogP contribution is -2.03. The van der Waals surface area contributed by atoms with E-state index in [1.807, 2.05) is 19.1 Å². The van der Waals surface area contributed by atoms with E-state index in [1.165, 1.54) is 16.8 Å². The molecule has 0 bridgehead atoms. The molecule has 0 unspecified atom stereocenters. The van der Waals surface area contributed by atoms with Crippen LogP contribution in [0.3, 0.4) is 0 Å². The second kappa shape index (κ2) is 8.16. The SMILES string of the molecule is CCc1ccc(SNc2cc(C(F)F)nn2-c2cccc3ncccc23)cc1F. The number of hydrogen-bond acceptors (Lipinski definition) is 4. The maximum atomic E-state index is 14.0. The van der Waals surface area contributed by atoms with Crippen LogP contribution in [0, 0.1) is 5.82 Å². The molecule has 2 aromatic heterocycles. The van der Waals surface area contributed by atoms with Gasteiger partial charge in [-0.25, -0.2) is 17.9 Å². The molecule has 0 spiro atoms. The first kappa shape index (κ1) is 19.3. The molecule has 0 aliphatic carbocycles. The molecule has 0 aliphatic heterocycles. The van der Waals surface area contributed by atoms with E-state index < -0.39 is 6.43 Å². The molecule has 0 fully saturated rings. The smallest absolute Gasteiger partial charge is 0.282 e. The third kappa shape index (κ3) is 3.93. The van der Waals surface area contributed by atoms with Gasteiger partial charge in [0.2, 0.25) is 0 Å². The van der Waals surface area contributed by atoms with E-state index in [1.54, 1.807) is 36.5 Å². The van der Waals surface area contributed by atoms with Gasteiger partial charge in [-0.2, -0.15) is 5.10 Å². The van der Waals surface area contributed by atoms with Crippen molar-refractivity contribution in [1.29, 1.82) is 0 Å². The Hall–Kier alpha value is -3.00. The molecule has 0 saturated heterocycles. The van der Waals surface area contributed by atoms with Crippen LogP contribution in [-0.4, -0.2) is 14.8 Å². The number of aryl methyl sites for hydroxylation is 1. The molecule has 2 heterocycles. The quantitative estimate of drug-likeness (QED) is 0.383. The van der Waals surface area contributed by atoms with Gasteiger partial charge in [0.25, 0.3) is 6.43 Å². The Balaban J connectivity index is 1.71. The number of hydrogen-bond donors (Lipinski definition) is 1. The Bertz CT molecular complexity index is 1150. The van der Waals surface area contributed by atoms with Gasteiger partial charge in [0.05, 0.1) is 11.2 Å². The van der Waals surface area contributed by atoms with E-state index in [9.17, 15) is 13.2 Å². The van der Waals surface area contributed by atoms with Crippen LogP contribution in [0.4, 0.5) is 19.0 Å². The molecule has 0 aliphatic rings. The zero-order valence-corrected chi connectivity index (χ0v) is 16.3. The summed E-state index contributed by atoms with van der Waals surface area (Å²) in [6.07, 6.45) is -0.441. The van der Waals surface area contributed by atoms with E-state index in [0.717, 1.165) is 22.9 Å². The highest BCUT2D eigenvalue weighted by atomic mass is 32.2. The summed E-state index contributed by atoms with van der Waals surface area (Å²) in [5.41, 5.74) is 1.64. The average Bonchev–Trinajstić information content (AvgIpc) is 3.16. The lowest BCUT2D eigenvalue weighted by atomic mass is 10.2. The Morgan fingerprint density at radius 2 is 1.97 bits per heavy atom. The largest absolute Gasteiger partial charge is 0.310 e. The van der Waals surface area contributed by atoms with Gasteiger partial charge in [0.15, 0.2) is 0 Å².